The Bertz CT molecular complexity index is 810. The van der Waals surface area contributed by atoms with E-state index in [0.29, 0.717) is 18.8 Å². The summed E-state index contributed by atoms with van der Waals surface area (Å²) in [5.41, 5.74) is 0.518. The highest BCUT2D eigenvalue weighted by atomic mass is 32.2. The van der Waals surface area contributed by atoms with Crippen LogP contribution in [0.3, 0.4) is 0 Å². The molecule has 26 heavy (non-hydrogen) atoms. The Morgan fingerprint density at radius 1 is 1.31 bits per heavy atom. The van der Waals surface area contributed by atoms with Crippen molar-refractivity contribution in [3.05, 3.63) is 24.3 Å². The molecule has 0 bridgehead atoms. The number of esters is 1. The second kappa shape index (κ2) is 8.29. The number of nitriles is 1. The summed E-state index contributed by atoms with van der Waals surface area (Å²) < 4.78 is 31.1. The van der Waals surface area contributed by atoms with Crippen LogP contribution in [0, 0.1) is 17.2 Å². The maximum atomic E-state index is 12.5. The van der Waals surface area contributed by atoms with Crippen molar-refractivity contribution in [2.45, 2.75) is 25.2 Å². The molecule has 1 aromatic carbocycles. The summed E-state index contributed by atoms with van der Waals surface area (Å²) in [6.45, 7) is 4.08. The number of hydrogen-bond acceptors (Lipinski definition) is 6. The van der Waals surface area contributed by atoms with Crippen molar-refractivity contribution in [1.82, 2.24) is 4.31 Å². The van der Waals surface area contributed by atoms with Crippen molar-refractivity contribution in [1.29, 1.82) is 5.26 Å². The minimum absolute atomic E-state index is 0.00373. The predicted molar refractivity (Wildman–Crippen MR) is 93.6 cm³/mol. The number of anilines is 1. The highest BCUT2D eigenvalue weighted by Gasteiger charge is 2.36. The zero-order chi connectivity index (χ0) is 19.3. The average molecular weight is 379 g/mol. The van der Waals surface area contributed by atoms with Gasteiger partial charge in [-0.2, -0.15) is 9.57 Å². The third-order valence-corrected chi connectivity index (χ3v) is 6.29. The molecule has 0 spiro atoms. The third kappa shape index (κ3) is 4.03. The molecule has 1 fully saturated rings. The van der Waals surface area contributed by atoms with Crippen LogP contribution < -0.4 is 4.90 Å². The lowest BCUT2D eigenvalue weighted by Crippen LogP contribution is -2.30. The number of sulfonamides is 1. The molecule has 1 aliphatic rings. The van der Waals surface area contributed by atoms with Gasteiger partial charge in [0.15, 0.2) is 6.61 Å². The van der Waals surface area contributed by atoms with E-state index in [9.17, 15) is 18.0 Å². The van der Waals surface area contributed by atoms with Gasteiger partial charge in [-0.25, -0.2) is 8.42 Å². The quantitative estimate of drug-likeness (QED) is 0.657. The molecule has 1 aromatic rings. The van der Waals surface area contributed by atoms with Crippen LogP contribution in [0.4, 0.5) is 5.69 Å². The summed E-state index contributed by atoms with van der Waals surface area (Å²) in [5, 5.41) is 8.45. The van der Waals surface area contributed by atoms with Crippen LogP contribution in [-0.4, -0.2) is 50.8 Å². The van der Waals surface area contributed by atoms with E-state index < -0.39 is 21.9 Å². The van der Waals surface area contributed by atoms with Gasteiger partial charge in [0.2, 0.25) is 15.9 Å². The van der Waals surface area contributed by atoms with E-state index >= 15 is 0 Å². The largest absolute Gasteiger partial charge is 0.450 e. The van der Waals surface area contributed by atoms with Crippen LogP contribution in [0.1, 0.15) is 20.3 Å². The van der Waals surface area contributed by atoms with Crippen molar-refractivity contribution in [3.63, 3.8) is 0 Å². The maximum Gasteiger partial charge on any atom is 0.312 e. The molecule has 1 saturated heterocycles. The van der Waals surface area contributed by atoms with Crippen molar-refractivity contribution in [2.75, 3.05) is 31.1 Å². The van der Waals surface area contributed by atoms with Crippen molar-refractivity contribution >= 4 is 27.6 Å². The second-order valence-corrected chi connectivity index (χ2v) is 7.69. The fraction of sp³-hybridized carbons (Fsp3) is 0.471. The zero-order valence-electron chi connectivity index (χ0n) is 14.7. The van der Waals surface area contributed by atoms with Crippen LogP contribution >= 0.6 is 0 Å². The SMILES string of the molecule is CCN(CC)S(=O)(=O)c1ccc(N2C[C@H](C(=O)OCC#N)CC2=O)cc1. The summed E-state index contributed by atoms with van der Waals surface area (Å²) in [6.07, 6.45) is 0.00373. The number of benzene rings is 1. The molecule has 2 rings (SSSR count). The molecule has 0 N–H and O–H groups in total. The first-order chi connectivity index (χ1) is 12.3. The van der Waals surface area contributed by atoms with Gasteiger partial charge in [-0.3, -0.25) is 9.59 Å². The summed E-state index contributed by atoms with van der Waals surface area (Å²) in [6, 6.07) is 7.73. The highest BCUT2D eigenvalue weighted by Crippen LogP contribution is 2.27. The monoisotopic (exact) mass is 379 g/mol. The first kappa shape index (κ1) is 19.9. The van der Waals surface area contributed by atoms with Gasteiger partial charge in [0, 0.05) is 31.7 Å². The number of amides is 1. The minimum atomic E-state index is -3.56. The van der Waals surface area contributed by atoms with Crippen LogP contribution in [0.25, 0.3) is 0 Å². The summed E-state index contributed by atoms with van der Waals surface area (Å²) in [4.78, 5) is 25.6. The molecule has 1 amide bonds. The topological polar surface area (TPSA) is 108 Å². The molecule has 1 atom stereocenters. The second-order valence-electron chi connectivity index (χ2n) is 5.75. The normalized spacial score (nSPS) is 17.4. The van der Waals surface area contributed by atoms with Gasteiger partial charge in [-0.15, -0.1) is 0 Å². The van der Waals surface area contributed by atoms with E-state index in [1.165, 1.54) is 21.3 Å². The average Bonchev–Trinajstić information content (AvgIpc) is 3.02. The van der Waals surface area contributed by atoms with E-state index in [2.05, 4.69) is 0 Å². The van der Waals surface area contributed by atoms with Gasteiger partial charge < -0.3 is 9.64 Å². The van der Waals surface area contributed by atoms with E-state index in [1.807, 2.05) is 0 Å². The van der Waals surface area contributed by atoms with Crippen molar-refractivity contribution in [3.8, 4) is 6.07 Å². The summed E-state index contributed by atoms with van der Waals surface area (Å²) in [7, 11) is -3.56. The van der Waals surface area contributed by atoms with E-state index in [1.54, 1.807) is 32.0 Å². The fourth-order valence-corrected chi connectivity index (χ4v) is 4.30. The molecule has 8 nitrogen and oxygen atoms in total. The molecule has 140 valence electrons. The van der Waals surface area contributed by atoms with E-state index in [-0.39, 0.29) is 30.4 Å². The number of hydrogen-bond donors (Lipinski definition) is 0. The first-order valence-corrected chi connectivity index (χ1v) is 9.73. The zero-order valence-corrected chi connectivity index (χ0v) is 15.5. The Morgan fingerprint density at radius 2 is 1.92 bits per heavy atom. The van der Waals surface area contributed by atoms with Gasteiger partial charge in [0.1, 0.15) is 6.07 Å². The van der Waals surface area contributed by atoms with Gasteiger partial charge in [-0.05, 0) is 24.3 Å². The predicted octanol–water partition coefficient (Wildman–Crippen LogP) is 1.14. The fourth-order valence-electron chi connectivity index (χ4n) is 2.85. The number of carbonyl (C=O) groups excluding carboxylic acids is 2. The Hall–Kier alpha value is -2.44. The van der Waals surface area contributed by atoms with Gasteiger partial charge in [0.05, 0.1) is 10.8 Å². The Morgan fingerprint density at radius 3 is 2.46 bits per heavy atom. The molecule has 0 aromatic heterocycles. The minimum Gasteiger partial charge on any atom is -0.450 e. The number of carbonyl (C=O) groups is 2. The number of ether oxygens (including phenoxy) is 1. The smallest absolute Gasteiger partial charge is 0.312 e. The lowest BCUT2D eigenvalue weighted by Gasteiger charge is -2.20. The molecular weight excluding hydrogens is 358 g/mol. The van der Waals surface area contributed by atoms with Crippen LogP contribution in [-0.2, 0) is 24.3 Å². The number of nitrogens with zero attached hydrogens (tertiary/aromatic N) is 3. The standard InChI is InChI=1S/C17H21N3O5S/c1-3-19(4-2)26(23,24)15-7-5-14(6-8-15)20-12-13(11-16(20)21)17(22)25-10-9-18/h5-8,13H,3-4,10-12H2,1-2H3/t13-/m1/s1. The van der Waals surface area contributed by atoms with Crippen molar-refractivity contribution in [2.24, 2.45) is 5.92 Å². The van der Waals surface area contributed by atoms with Crippen LogP contribution in [0.5, 0.6) is 0 Å². The van der Waals surface area contributed by atoms with Gasteiger partial charge in [0.25, 0.3) is 0 Å². The molecule has 0 aliphatic carbocycles. The maximum absolute atomic E-state index is 12.5. The molecule has 9 heteroatoms. The van der Waals surface area contributed by atoms with Crippen LogP contribution in [0.15, 0.2) is 29.2 Å². The van der Waals surface area contributed by atoms with Gasteiger partial charge >= 0.3 is 5.97 Å². The van der Waals surface area contributed by atoms with Gasteiger partial charge in [-0.1, -0.05) is 13.8 Å². The molecule has 0 unspecified atom stereocenters. The Balaban J connectivity index is 2.15. The summed E-state index contributed by atoms with van der Waals surface area (Å²) in [5.74, 6) is -1.46. The van der Waals surface area contributed by atoms with E-state index in [0.717, 1.165) is 0 Å². The Labute approximate surface area is 153 Å². The molecular formula is C17H21N3O5S. The molecule has 0 radical (unpaired) electrons. The molecule has 0 saturated carbocycles. The first-order valence-electron chi connectivity index (χ1n) is 8.29. The third-order valence-electron chi connectivity index (χ3n) is 4.23. The van der Waals surface area contributed by atoms with Crippen LogP contribution in [0.2, 0.25) is 0 Å². The van der Waals surface area contributed by atoms with E-state index in [4.69, 9.17) is 10.00 Å². The highest BCUT2D eigenvalue weighted by molar-refractivity contribution is 7.89. The Kier molecular flexibility index (Phi) is 6.34. The number of rotatable bonds is 7. The lowest BCUT2D eigenvalue weighted by molar-refractivity contribution is -0.146. The summed E-state index contributed by atoms with van der Waals surface area (Å²) >= 11 is 0. The lowest BCUT2D eigenvalue weighted by atomic mass is 10.1. The molecule has 1 aliphatic heterocycles. The molecule has 1 heterocycles. The van der Waals surface area contributed by atoms with Crippen molar-refractivity contribution < 1.29 is 22.7 Å².